The van der Waals surface area contributed by atoms with Gasteiger partial charge in [0, 0.05) is 32.7 Å². The Bertz CT molecular complexity index is 508. The van der Waals surface area contributed by atoms with E-state index in [-0.39, 0.29) is 17.7 Å². The molecular weight excluding hydrogens is 264 g/mol. The number of amides is 2. The second kappa shape index (κ2) is 6.74. The summed E-state index contributed by atoms with van der Waals surface area (Å²) in [6, 6.07) is 8.15. The van der Waals surface area contributed by atoms with Crippen molar-refractivity contribution in [1.29, 1.82) is 0 Å². The Balaban J connectivity index is 2.05. The molecule has 1 saturated heterocycles. The van der Waals surface area contributed by atoms with E-state index in [4.69, 9.17) is 0 Å². The number of hydrogen-bond donors (Lipinski definition) is 0. The zero-order valence-corrected chi connectivity index (χ0v) is 13.1. The predicted molar refractivity (Wildman–Crippen MR) is 84.2 cm³/mol. The number of carbonyl (C=O) groups excluding carboxylic acids is 2. The molecule has 1 atom stereocenters. The third-order valence-electron chi connectivity index (χ3n) is 3.98. The quantitative estimate of drug-likeness (QED) is 0.835. The maximum absolute atomic E-state index is 12.1. The molecule has 4 heteroatoms. The Morgan fingerprint density at radius 1 is 1.29 bits per heavy atom. The zero-order chi connectivity index (χ0) is 15.4. The van der Waals surface area contributed by atoms with Crippen LogP contribution in [0.25, 0.3) is 0 Å². The van der Waals surface area contributed by atoms with Crippen molar-refractivity contribution in [2.45, 2.75) is 32.6 Å². The minimum Gasteiger partial charge on any atom is -0.349 e. The molecule has 0 saturated carbocycles. The molecule has 0 spiro atoms. The summed E-state index contributed by atoms with van der Waals surface area (Å²) in [5.41, 5.74) is 2.20. The second-order valence-electron chi connectivity index (χ2n) is 5.91. The summed E-state index contributed by atoms with van der Waals surface area (Å²) in [6.45, 7) is 2.67. The highest BCUT2D eigenvalue weighted by atomic mass is 16.2. The molecule has 1 aromatic rings. The van der Waals surface area contributed by atoms with Crippen molar-refractivity contribution in [2.24, 2.45) is 5.92 Å². The van der Waals surface area contributed by atoms with Crippen molar-refractivity contribution < 1.29 is 9.59 Å². The maximum atomic E-state index is 12.1. The molecule has 114 valence electrons. The van der Waals surface area contributed by atoms with Crippen molar-refractivity contribution >= 4 is 17.5 Å². The second-order valence-corrected chi connectivity index (χ2v) is 5.91. The molecule has 0 bridgehead atoms. The van der Waals surface area contributed by atoms with E-state index in [2.05, 4.69) is 19.1 Å². The number of unbranched alkanes of at least 4 members (excludes halogenated alkanes) is 1. The monoisotopic (exact) mass is 288 g/mol. The highest BCUT2D eigenvalue weighted by Crippen LogP contribution is 2.26. The van der Waals surface area contributed by atoms with E-state index in [1.54, 1.807) is 23.9 Å². The summed E-state index contributed by atoms with van der Waals surface area (Å²) >= 11 is 0. The molecule has 1 heterocycles. The van der Waals surface area contributed by atoms with Crippen molar-refractivity contribution in [2.75, 3.05) is 25.5 Å². The van der Waals surface area contributed by atoms with Crippen LogP contribution in [0.2, 0.25) is 0 Å². The van der Waals surface area contributed by atoms with Crippen molar-refractivity contribution in [3.8, 4) is 0 Å². The van der Waals surface area contributed by atoms with Crippen LogP contribution in [0.15, 0.2) is 24.3 Å². The zero-order valence-electron chi connectivity index (χ0n) is 13.1. The molecular formula is C17H24N2O2. The average Bonchev–Trinajstić information content (AvgIpc) is 2.86. The van der Waals surface area contributed by atoms with Crippen LogP contribution in [0, 0.1) is 5.92 Å². The van der Waals surface area contributed by atoms with Crippen LogP contribution in [-0.4, -0.2) is 37.4 Å². The van der Waals surface area contributed by atoms with Crippen LogP contribution >= 0.6 is 0 Å². The Morgan fingerprint density at radius 3 is 2.52 bits per heavy atom. The number of nitrogens with zero attached hydrogens (tertiary/aromatic N) is 2. The van der Waals surface area contributed by atoms with Gasteiger partial charge in [0.25, 0.3) is 0 Å². The van der Waals surface area contributed by atoms with Crippen molar-refractivity contribution in [3.05, 3.63) is 29.8 Å². The van der Waals surface area contributed by atoms with E-state index in [1.807, 2.05) is 12.1 Å². The van der Waals surface area contributed by atoms with Crippen LogP contribution in [0.4, 0.5) is 5.69 Å². The third-order valence-corrected chi connectivity index (χ3v) is 3.98. The van der Waals surface area contributed by atoms with Gasteiger partial charge >= 0.3 is 0 Å². The van der Waals surface area contributed by atoms with E-state index in [0.717, 1.165) is 12.1 Å². The highest BCUT2D eigenvalue weighted by Gasteiger charge is 2.35. The molecule has 1 fully saturated rings. The van der Waals surface area contributed by atoms with Gasteiger partial charge in [0.2, 0.25) is 11.8 Å². The fourth-order valence-electron chi connectivity index (χ4n) is 2.71. The molecule has 1 aliphatic rings. The summed E-state index contributed by atoms with van der Waals surface area (Å²) in [6.07, 6.45) is 3.75. The minimum absolute atomic E-state index is 0.0328. The summed E-state index contributed by atoms with van der Waals surface area (Å²) < 4.78 is 0. The van der Waals surface area contributed by atoms with Crippen LogP contribution in [0.5, 0.6) is 0 Å². The van der Waals surface area contributed by atoms with Crippen LogP contribution < -0.4 is 4.90 Å². The Morgan fingerprint density at radius 2 is 1.95 bits per heavy atom. The van der Waals surface area contributed by atoms with E-state index in [9.17, 15) is 9.59 Å². The number of hydrogen-bond acceptors (Lipinski definition) is 2. The van der Waals surface area contributed by atoms with Gasteiger partial charge in [0.15, 0.2) is 0 Å². The predicted octanol–water partition coefficient (Wildman–Crippen LogP) is 2.47. The number of aryl methyl sites for hydroxylation is 1. The van der Waals surface area contributed by atoms with Crippen LogP contribution in [0.1, 0.15) is 31.7 Å². The SMILES string of the molecule is CCCCc1ccc(N2CC(C(=O)N(C)C)CC2=O)cc1. The lowest BCUT2D eigenvalue weighted by Gasteiger charge is -2.18. The first kappa shape index (κ1) is 15.5. The van der Waals surface area contributed by atoms with Gasteiger partial charge in [-0.1, -0.05) is 25.5 Å². The van der Waals surface area contributed by atoms with Gasteiger partial charge in [-0.25, -0.2) is 0 Å². The molecule has 0 N–H and O–H groups in total. The van der Waals surface area contributed by atoms with Gasteiger partial charge in [-0.05, 0) is 30.5 Å². The molecule has 2 rings (SSSR count). The average molecular weight is 288 g/mol. The molecule has 21 heavy (non-hydrogen) atoms. The van der Waals surface area contributed by atoms with E-state index in [0.29, 0.717) is 13.0 Å². The number of anilines is 1. The van der Waals surface area contributed by atoms with Gasteiger partial charge < -0.3 is 9.80 Å². The number of benzene rings is 1. The fraction of sp³-hybridized carbons (Fsp3) is 0.529. The summed E-state index contributed by atoms with van der Waals surface area (Å²) in [4.78, 5) is 27.4. The van der Waals surface area contributed by atoms with Crippen LogP contribution in [0.3, 0.4) is 0 Å². The summed E-state index contributed by atoms with van der Waals surface area (Å²) in [5.74, 6) is -0.144. The van der Waals surface area contributed by atoms with Crippen molar-refractivity contribution in [3.63, 3.8) is 0 Å². The van der Waals surface area contributed by atoms with Crippen molar-refractivity contribution in [1.82, 2.24) is 4.90 Å². The Labute approximate surface area is 126 Å². The molecule has 2 amide bonds. The number of rotatable bonds is 5. The Kier molecular flexibility index (Phi) is 4.99. The van der Waals surface area contributed by atoms with Gasteiger partial charge in [0.1, 0.15) is 0 Å². The third kappa shape index (κ3) is 3.63. The molecule has 0 radical (unpaired) electrons. The highest BCUT2D eigenvalue weighted by molar-refractivity contribution is 6.00. The smallest absolute Gasteiger partial charge is 0.227 e. The molecule has 1 aliphatic heterocycles. The largest absolute Gasteiger partial charge is 0.349 e. The molecule has 0 aliphatic carbocycles. The van der Waals surface area contributed by atoms with Gasteiger partial charge in [-0.15, -0.1) is 0 Å². The van der Waals surface area contributed by atoms with E-state index in [1.165, 1.54) is 18.4 Å². The summed E-state index contributed by atoms with van der Waals surface area (Å²) in [7, 11) is 3.47. The normalized spacial score (nSPS) is 18.1. The first-order chi connectivity index (χ1) is 10.0. The topological polar surface area (TPSA) is 40.6 Å². The molecule has 4 nitrogen and oxygen atoms in total. The van der Waals surface area contributed by atoms with Gasteiger partial charge in [-0.2, -0.15) is 0 Å². The molecule has 1 unspecified atom stereocenters. The number of carbonyl (C=O) groups is 2. The van der Waals surface area contributed by atoms with E-state index >= 15 is 0 Å². The molecule has 0 aromatic heterocycles. The van der Waals surface area contributed by atoms with Gasteiger partial charge in [-0.3, -0.25) is 9.59 Å². The lowest BCUT2D eigenvalue weighted by molar-refractivity contribution is -0.133. The van der Waals surface area contributed by atoms with Crippen LogP contribution in [-0.2, 0) is 16.0 Å². The Hall–Kier alpha value is -1.84. The maximum Gasteiger partial charge on any atom is 0.227 e. The lowest BCUT2D eigenvalue weighted by Crippen LogP contribution is -2.32. The standard InChI is InChI=1S/C17H24N2O2/c1-4-5-6-13-7-9-15(10-8-13)19-12-14(11-16(19)20)17(21)18(2)3/h7-10,14H,4-6,11-12H2,1-3H3. The first-order valence-electron chi connectivity index (χ1n) is 7.63. The molecule has 1 aromatic carbocycles. The minimum atomic E-state index is -0.215. The van der Waals surface area contributed by atoms with Gasteiger partial charge in [0.05, 0.1) is 5.92 Å². The summed E-state index contributed by atoms with van der Waals surface area (Å²) in [5, 5.41) is 0. The van der Waals surface area contributed by atoms with E-state index < -0.39 is 0 Å². The first-order valence-corrected chi connectivity index (χ1v) is 7.63. The lowest BCUT2D eigenvalue weighted by atomic mass is 10.1. The fourth-order valence-corrected chi connectivity index (χ4v) is 2.71.